The van der Waals surface area contributed by atoms with E-state index in [0.717, 1.165) is 12.4 Å². The number of aromatic nitrogens is 1. The molecule has 1 fully saturated rings. The molecular weight excluding hydrogens is 366 g/mol. The summed E-state index contributed by atoms with van der Waals surface area (Å²) in [6.45, 7) is 5.37. The highest BCUT2D eigenvalue weighted by Gasteiger charge is 2.42. The Morgan fingerprint density at radius 3 is 2.81 bits per heavy atom. The van der Waals surface area contributed by atoms with E-state index in [1.807, 2.05) is 18.7 Å². The minimum atomic E-state index is -0.527. The van der Waals surface area contributed by atoms with Gasteiger partial charge >= 0.3 is 5.97 Å². The number of amides is 1. The highest BCUT2D eigenvalue weighted by atomic mass is 35.5. The lowest BCUT2D eigenvalue weighted by Crippen LogP contribution is -2.33. The summed E-state index contributed by atoms with van der Waals surface area (Å²) in [4.78, 5) is 30.9. The number of carbonyl (C=O) groups excluding carboxylic acids is 2. The monoisotopic (exact) mass is 387 g/mol. The predicted octanol–water partition coefficient (Wildman–Crippen LogP) is 3.77. The molecule has 27 heavy (non-hydrogen) atoms. The van der Waals surface area contributed by atoms with E-state index in [2.05, 4.69) is 10.3 Å². The van der Waals surface area contributed by atoms with Crippen molar-refractivity contribution in [3.05, 3.63) is 53.2 Å². The quantitative estimate of drug-likeness (QED) is 0.791. The molecule has 3 rings (SSSR count). The largest absolute Gasteiger partial charge is 0.466 e. The lowest BCUT2D eigenvalue weighted by molar-refractivity contribution is -0.153. The lowest BCUT2D eigenvalue weighted by atomic mass is 9.90. The Morgan fingerprint density at radius 2 is 2.15 bits per heavy atom. The number of pyridine rings is 1. The standard InChI is InChI=1S/C20H22ClN3O3/c1-3-27-19(26)20(2)9-10-24(13-20)17-8-7-14(12-22-17)18(25)23-16-6-4-5-15(21)11-16/h4-8,11-12H,3,9-10,13H2,1-2H3,(H,23,25). The summed E-state index contributed by atoms with van der Waals surface area (Å²) in [6, 6.07) is 10.5. The van der Waals surface area contributed by atoms with Gasteiger partial charge in [-0.25, -0.2) is 4.98 Å². The lowest BCUT2D eigenvalue weighted by Gasteiger charge is -2.23. The Hall–Kier alpha value is -2.60. The van der Waals surface area contributed by atoms with Crippen LogP contribution in [0.1, 0.15) is 30.6 Å². The molecular formula is C20H22ClN3O3. The van der Waals surface area contributed by atoms with Crippen molar-refractivity contribution >= 4 is 35.0 Å². The molecule has 1 N–H and O–H groups in total. The molecule has 142 valence electrons. The second-order valence-electron chi connectivity index (χ2n) is 6.82. The number of anilines is 2. The first-order valence-electron chi connectivity index (χ1n) is 8.86. The normalized spacial score (nSPS) is 19.0. The third kappa shape index (κ3) is 4.39. The maximum atomic E-state index is 12.4. The summed E-state index contributed by atoms with van der Waals surface area (Å²) in [5, 5.41) is 3.35. The third-order valence-electron chi connectivity index (χ3n) is 4.66. The summed E-state index contributed by atoms with van der Waals surface area (Å²) in [5.74, 6) is 0.307. The highest BCUT2D eigenvalue weighted by Crippen LogP contribution is 2.33. The van der Waals surface area contributed by atoms with Crippen molar-refractivity contribution in [3.63, 3.8) is 0 Å². The summed E-state index contributed by atoms with van der Waals surface area (Å²) < 4.78 is 5.18. The van der Waals surface area contributed by atoms with Gasteiger partial charge in [-0.3, -0.25) is 9.59 Å². The molecule has 2 heterocycles. The van der Waals surface area contributed by atoms with Gasteiger partial charge in [-0.2, -0.15) is 0 Å². The first-order chi connectivity index (χ1) is 12.9. The topological polar surface area (TPSA) is 71.5 Å². The number of ether oxygens (including phenoxy) is 1. The molecule has 1 unspecified atom stereocenters. The number of nitrogens with zero attached hydrogens (tertiary/aromatic N) is 2. The van der Waals surface area contributed by atoms with Gasteiger partial charge in [-0.05, 0) is 50.6 Å². The number of carbonyl (C=O) groups is 2. The van der Waals surface area contributed by atoms with E-state index in [1.165, 1.54) is 6.20 Å². The van der Waals surface area contributed by atoms with Gasteiger partial charge < -0.3 is 15.0 Å². The third-order valence-corrected chi connectivity index (χ3v) is 4.89. The zero-order valence-corrected chi connectivity index (χ0v) is 16.1. The fraction of sp³-hybridized carbons (Fsp3) is 0.350. The second-order valence-corrected chi connectivity index (χ2v) is 7.26. The van der Waals surface area contributed by atoms with E-state index in [1.54, 1.807) is 36.4 Å². The molecule has 6 nitrogen and oxygen atoms in total. The van der Waals surface area contributed by atoms with Gasteiger partial charge in [0.25, 0.3) is 5.91 Å². The van der Waals surface area contributed by atoms with Crippen LogP contribution >= 0.6 is 11.6 Å². The number of hydrogen-bond donors (Lipinski definition) is 1. The van der Waals surface area contributed by atoms with Gasteiger partial charge in [0.15, 0.2) is 0 Å². The van der Waals surface area contributed by atoms with Gasteiger partial charge in [0.2, 0.25) is 0 Å². The maximum absolute atomic E-state index is 12.4. The molecule has 1 aromatic heterocycles. The fourth-order valence-electron chi connectivity index (χ4n) is 3.11. The molecule has 1 aliphatic heterocycles. The van der Waals surface area contributed by atoms with Gasteiger partial charge in [-0.15, -0.1) is 0 Å². The van der Waals surface area contributed by atoms with Crippen LogP contribution in [-0.2, 0) is 9.53 Å². The van der Waals surface area contributed by atoms with E-state index < -0.39 is 5.41 Å². The Morgan fingerprint density at radius 1 is 1.33 bits per heavy atom. The van der Waals surface area contributed by atoms with Crippen molar-refractivity contribution in [2.45, 2.75) is 20.3 Å². The SMILES string of the molecule is CCOC(=O)C1(C)CCN(c2ccc(C(=O)Nc3cccc(Cl)c3)cn2)C1. The number of hydrogen-bond acceptors (Lipinski definition) is 5. The summed E-state index contributed by atoms with van der Waals surface area (Å²) in [6.07, 6.45) is 2.25. The van der Waals surface area contributed by atoms with E-state index in [4.69, 9.17) is 16.3 Å². The van der Waals surface area contributed by atoms with Gasteiger partial charge in [0.05, 0.1) is 17.6 Å². The van der Waals surface area contributed by atoms with Crippen LogP contribution in [0.5, 0.6) is 0 Å². The van der Waals surface area contributed by atoms with Crippen molar-refractivity contribution in [1.29, 1.82) is 0 Å². The molecule has 0 bridgehead atoms. The van der Waals surface area contributed by atoms with E-state index in [9.17, 15) is 9.59 Å². The molecule has 0 radical (unpaired) electrons. The summed E-state index contributed by atoms with van der Waals surface area (Å²) >= 11 is 5.93. The van der Waals surface area contributed by atoms with Crippen molar-refractivity contribution in [3.8, 4) is 0 Å². The minimum Gasteiger partial charge on any atom is -0.466 e. The van der Waals surface area contributed by atoms with Gasteiger partial charge in [0.1, 0.15) is 5.82 Å². The van der Waals surface area contributed by atoms with Crippen molar-refractivity contribution in [2.75, 3.05) is 29.9 Å². The Kier molecular flexibility index (Phi) is 5.65. The number of rotatable bonds is 5. The number of nitrogens with one attached hydrogen (secondary N) is 1. The van der Waals surface area contributed by atoms with Crippen LogP contribution in [0.15, 0.2) is 42.6 Å². The molecule has 1 saturated heterocycles. The Balaban J connectivity index is 1.65. The van der Waals surface area contributed by atoms with Crippen LogP contribution < -0.4 is 10.2 Å². The average molecular weight is 388 g/mol. The second kappa shape index (κ2) is 7.96. The van der Waals surface area contributed by atoms with Crippen LogP contribution in [0.25, 0.3) is 0 Å². The molecule has 1 atom stereocenters. The Labute approximate surface area is 163 Å². The zero-order valence-electron chi connectivity index (χ0n) is 15.4. The fourth-order valence-corrected chi connectivity index (χ4v) is 3.30. The van der Waals surface area contributed by atoms with Crippen molar-refractivity contribution < 1.29 is 14.3 Å². The van der Waals surface area contributed by atoms with Gasteiger partial charge in [-0.1, -0.05) is 17.7 Å². The minimum absolute atomic E-state index is 0.176. The Bertz CT molecular complexity index is 841. The number of benzene rings is 1. The predicted molar refractivity (Wildman–Crippen MR) is 105 cm³/mol. The van der Waals surface area contributed by atoms with Crippen molar-refractivity contribution in [2.24, 2.45) is 5.41 Å². The van der Waals surface area contributed by atoms with Crippen LogP contribution in [-0.4, -0.2) is 36.6 Å². The highest BCUT2D eigenvalue weighted by molar-refractivity contribution is 6.30. The molecule has 0 spiro atoms. The first kappa shape index (κ1) is 19.2. The van der Waals surface area contributed by atoms with Crippen LogP contribution in [0.3, 0.4) is 0 Å². The van der Waals surface area contributed by atoms with E-state index in [-0.39, 0.29) is 11.9 Å². The summed E-state index contributed by atoms with van der Waals surface area (Å²) in [5.41, 5.74) is 0.549. The molecule has 0 aliphatic carbocycles. The van der Waals surface area contributed by atoms with E-state index >= 15 is 0 Å². The van der Waals surface area contributed by atoms with Crippen molar-refractivity contribution in [1.82, 2.24) is 4.98 Å². The maximum Gasteiger partial charge on any atom is 0.313 e. The first-order valence-corrected chi connectivity index (χ1v) is 9.24. The molecule has 2 aromatic rings. The molecule has 1 aromatic carbocycles. The summed E-state index contributed by atoms with van der Waals surface area (Å²) in [7, 11) is 0. The molecule has 1 aliphatic rings. The van der Waals surface area contributed by atoms with Gasteiger partial charge in [0, 0.05) is 30.0 Å². The molecule has 0 saturated carbocycles. The van der Waals surface area contributed by atoms with Crippen LogP contribution in [0.4, 0.5) is 11.5 Å². The zero-order chi connectivity index (χ0) is 19.4. The van der Waals surface area contributed by atoms with E-state index in [0.29, 0.717) is 35.8 Å². The van der Waals surface area contributed by atoms with Crippen LogP contribution in [0.2, 0.25) is 5.02 Å². The smallest absolute Gasteiger partial charge is 0.313 e. The molecule has 1 amide bonds. The van der Waals surface area contributed by atoms with Crippen LogP contribution in [0, 0.1) is 5.41 Å². The molecule has 7 heteroatoms. The average Bonchev–Trinajstić information content (AvgIpc) is 3.06. The number of halogens is 1. The number of esters is 1.